The van der Waals surface area contributed by atoms with Gasteiger partial charge in [0.15, 0.2) is 11.6 Å². The monoisotopic (exact) mass is 290 g/mol. The van der Waals surface area contributed by atoms with Gasteiger partial charge >= 0.3 is 0 Å². The van der Waals surface area contributed by atoms with Gasteiger partial charge in [-0.25, -0.2) is 8.78 Å². The molecule has 0 saturated heterocycles. The molecule has 0 saturated carbocycles. The van der Waals surface area contributed by atoms with Gasteiger partial charge in [-0.15, -0.1) is 0 Å². The lowest BCUT2D eigenvalue weighted by molar-refractivity contribution is -0.125. The van der Waals surface area contributed by atoms with Gasteiger partial charge in [-0.3, -0.25) is 10.0 Å². The summed E-state index contributed by atoms with van der Waals surface area (Å²) < 4.78 is 27.1. The molecule has 0 aliphatic carbocycles. The van der Waals surface area contributed by atoms with Crippen molar-refractivity contribution in [2.75, 3.05) is 5.06 Å². The fraction of sp³-hybridized carbons (Fsp3) is 0.133. The molecule has 1 amide bonds. The Morgan fingerprint density at radius 1 is 1.24 bits per heavy atom. The molecule has 0 spiro atoms. The van der Waals surface area contributed by atoms with Crippen molar-refractivity contribution < 1.29 is 18.8 Å². The van der Waals surface area contributed by atoms with Crippen LogP contribution in [0.4, 0.5) is 14.5 Å². The van der Waals surface area contributed by atoms with E-state index in [1.807, 2.05) is 0 Å². The first-order chi connectivity index (χ1) is 9.99. The number of carbonyl (C=O) groups excluding carboxylic acids is 1. The van der Waals surface area contributed by atoms with Gasteiger partial charge in [-0.05, 0) is 29.7 Å². The summed E-state index contributed by atoms with van der Waals surface area (Å²) in [4.78, 5) is 11.7. The van der Waals surface area contributed by atoms with Crippen LogP contribution < -0.4 is 10.8 Å². The topological polar surface area (TPSA) is 66.6 Å². The minimum atomic E-state index is -0.972. The smallest absolute Gasteiger partial charge is 0.267 e. The van der Waals surface area contributed by atoms with E-state index >= 15 is 0 Å². The van der Waals surface area contributed by atoms with Crippen molar-refractivity contribution in [2.24, 2.45) is 5.73 Å². The molecule has 1 heterocycles. The van der Waals surface area contributed by atoms with E-state index in [2.05, 4.69) is 0 Å². The zero-order valence-electron chi connectivity index (χ0n) is 10.9. The predicted molar refractivity (Wildman–Crippen MR) is 72.7 cm³/mol. The minimum absolute atomic E-state index is 0.0634. The van der Waals surface area contributed by atoms with E-state index in [1.165, 1.54) is 18.2 Å². The molecular formula is C15H12F2N2O2. The van der Waals surface area contributed by atoms with Gasteiger partial charge in [0, 0.05) is 5.56 Å². The Bertz CT molecular complexity index is 734. The van der Waals surface area contributed by atoms with Crippen LogP contribution >= 0.6 is 0 Å². The maximum absolute atomic E-state index is 13.8. The number of fused-ring (bicyclic) bond motifs is 1. The van der Waals surface area contributed by atoms with Crippen LogP contribution in [0, 0.1) is 11.6 Å². The molecule has 21 heavy (non-hydrogen) atoms. The fourth-order valence-corrected chi connectivity index (χ4v) is 2.43. The minimum Gasteiger partial charge on any atom is -0.320 e. The van der Waals surface area contributed by atoms with E-state index < -0.39 is 23.6 Å². The molecule has 0 bridgehead atoms. The molecule has 1 aliphatic rings. The molecule has 1 atom stereocenters. The number of anilines is 1. The number of rotatable bonds is 1. The van der Waals surface area contributed by atoms with Crippen LogP contribution in [0.25, 0.3) is 11.1 Å². The largest absolute Gasteiger partial charge is 0.320 e. The molecule has 3 N–H and O–H groups in total. The third kappa shape index (κ3) is 2.18. The molecule has 4 nitrogen and oxygen atoms in total. The van der Waals surface area contributed by atoms with Crippen LogP contribution in [0.5, 0.6) is 0 Å². The van der Waals surface area contributed by atoms with Gasteiger partial charge in [0.2, 0.25) is 0 Å². The van der Waals surface area contributed by atoms with Crippen molar-refractivity contribution in [1.82, 2.24) is 0 Å². The van der Waals surface area contributed by atoms with Gasteiger partial charge in [0.25, 0.3) is 5.91 Å². The van der Waals surface area contributed by atoms with Crippen molar-refractivity contribution in [2.45, 2.75) is 12.5 Å². The second-order valence-corrected chi connectivity index (χ2v) is 4.91. The number of amides is 1. The molecule has 2 aromatic rings. The number of carbonyl (C=O) groups is 1. The standard InChI is InChI=1S/C15H12F2N2O2/c16-11-3-1-2-10(14(11)17)8-4-5-9-6-12(18)15(20)19(21)13(9)7-8/h1-5,7,12,21H,6,18H2. The number of hydrogen-bond acceptors (Lipinski definition) is 3. The normalized spacial score (nSPS) is 17.8. The first kappa shape index (κ1) is 13.7. The molecule has 2 aromatic carbocycles. The summed E-state index contributed by atoms with van der Waals surface area (Å²) in [6, 6.07) is 7.73. The molecule has 1 aliphatic heterocycles. The molecule has 3 rings (SSSR count). The molecule has 108 valence electrons. The molecule has 0 aromatic heterocycles. The Balaban J connectivity index is 2.12. The third-order valence-corrected chi connectivity index (χ3v) is 3.54. The van der Waals surface area contributed by atoms with Crippen LogP contribution in [0.15, 0.2) is 36.4 Å². The number of hydroxylamine groups is 1. The SMILES string of the molecule is NC1Cc2ccc(-c3cccc(F)c3F)cc2N(O)C1=O. The maximum Gasteiger partial charge on any atom is 0.267 e. The molecular weight excluding hydrogens is 278 g/mol. The van der Waals surface area contributed by atoms with E-state index in [1.54, 1.807) is 12.1 Å². The average Bonchev–Trinajstić information content (AvgIpc) is 2.48. The summed E-state index contributed by atoms with van der Waals surface area (Å²) in [5.74, 6) is -2.55. The highest BCUT2D eigenvalue weighted by molar-refractivity contribution is 5.98. The predicted octanol–water partition coefficient (Wildman–Crippen LogP) is 2.24. The fourth-order valence-electron chi connectivity index (χ4n) is 2.43. The van der Waals surface area contributed by atoms with Gasteiger partial charge in [0.1, 0.15) is 0 Å². The van der Waals surface area contributed by atoms with E-state index in [-0.39, 0.29) is 17.7 Å². The number of nitrogens with two attached hydrogens (primary N) is 1. The van der Waals surface area contributed by atoms with Crippen LogP contribution in [-0.4, -0.2) is 17.2 Å². The van der Waals surface area contributed by atoms with Gasteiger partial charge in [-0.2, -0.15) is 5.06 Å². The van der Waals surface area contributed by atoms with E-state index in [4.69, 9.17) is 5.73 Å². The molecule has 0 radical (unpaired) electrons. The van der Waals surface area contributed by atoms with E-state index in [9.17, 15) is 18.8 Å². The Labute approximate surface area is 119 Å². The summed E-state index contributed by atoms with van der Waals surface area (Å²) in [5.41, 5.74) is 6.96. The van der Waals surface area contributed by atoms with Crippen molar-refractivity contribution in [3.63, 3.8) is 0 Å². The number of halogens is 2. The van der Waals surface area contributed by atoms with Crippen LogP contribution in [0.3, 0.4) is 0 Å². The van der Waals surface area contributed by atoms with Crippen molar-refractivity contribution in [3.05, 3.63) is 53.6 Å². The highest BCUT2D eigenvalue weighted by Crippen LogP contribution is 2.32. The zero-order valence-corrected chi connectivity index (χ0v) is 10.9. The first-order valence-electron chi connectivity index (χ1n) is 6.35. The average molecular weight is 290 g/mol. The van der Waals surface area contributed by atoms with Crippen LogP contribution in [-0.2, 0) is 11.2 Å². The Morgan fingerprint density at radius 2 is 2.00 bits per heavy atom. The number of nitrogens with zero attached hydrogens (tertiary/aromatic N) is 1. The lowest BCUT2D eigenvalue weighted by Crippen LogP contribution is -2.47. The lowest BCUT2D eigenvalue weighted by atomic mass is 9.95. The van der Waals surface area contributed by atoms with Gasteiger partial charge < -0.3 is 5.73 Å². The third-order valence-electron chi connectivity index (χ3n) is 3.54. The summed E-state index contributed by atoms with van der Waals surface area (Å²) in [7, 11) is 0. The first-order valence-corrected chi connectivity index (χ1v) is 6.35. The van der Waals surface area contributed by atoms with Crippen LogP contribution in [0.2, 0.25) is 0 Å². The van der Waals surface area contributed by atoms with Gasteiger partial charge in [0.05, 0.1) is 11.7 Å². The summed E-state index contributed by atoms with van der Waals surface area (Å²) in [6.07, 6.45) is 0.289. The number of hydrogen-bond donors (Lipinski definition) is 2. The second-order valence-electron chi connectivity index (χ2n) is 4.91. The van der Waals surface area contributed by atoms with E-state index in [0.29, 0.717) is 16.2 Å². The molecule has 1 unspecified atom stereocenters. The Morgan fingerprint density at radius 3 is 2.76 bits per heavy atom. The van der Waals surface area contributed by atoms with E-state index in [0.717, 1.165) is 6.07 Å². The highest BCUT2D eigenvalue weighted by Gasteiger charge is 2.30. The Hall–Kier alpha value is -2.31. The van der Waals surface area contributed by atoms with Crippen LogP contribution in [0.1, 0.15) is 5.56 Å². The summed E-state index contributed by atoms with van der Waals surface area (Å²) in [5, 5.41) is 10.3. The molecule has 6 heteroatoms. The van der Waals surface area contributed by atoms with Gasteiger partial charge in [-0.1, -0.05) is 24.3 Å². The van der Waals surface area contributed by atoms with Crippen molar-refractivity contribution >= 4 is 11.6 Å². The van der Waals surface area contributed by atoms with Crippen molar-refractivity contribution in [3.8, 4) is 11.1 Å². The summed E-state index contributed by atoms with van der Waals surface area (Å²) >= 11 is 0. The summed E-state index contributed by atoms with van der Waals surface area (Å²) in [6.45, 7) is 0. The number of benzene rings is 2. The maximum atomic E-state index is 13.8. The molecule has 0 fully saturated rings. The Kier molecular flexibility index (Phi) is 3.19. The highest BCUT2D eigenvalue weighted by atomic mass is 19.2. The second kappa shape index (κ2) is 4.91. The quantitative estimate of drug-likeness (QED) is 0.792. The van der Waals surface area contributed by atoms with Crippen molar-refractivity contribution in [1.29, 1.82) is 0 Å². The zero-order chi connectivity index (χ0) is 15.1. The lowest BCUT2D eigenvalue weighted by Gasteiger charge is -2.28.